The molecule has 0 aliphatic carbocycles. The van der Waals surface area contributed by atoms with Gasteiger partial charge in [-0.3, -0.25) is 9.59 Å². The third kappa shape index (κ3) is 5.90. The van der Waals surface area contributed by atoms with Crippen LogP contribution in [0.5, 0.6) is 0 Å². The summed E-state index contributed by atoms with van der Waals surface area (Å²) in [4.78, 5) is 43.8. The first-order valence-electron chi connectivity index (χ1n) is 12.2. The maximum atomic E-state index is 13.4. The van der Waals surface area contributed by atoms with Crippen LogP contribution in [0.3, 0.4) is 0 Å². The Balaban J connectivity index is 1.54. The van der Waals surface area contributed by atoms with Crippen LogP contribution in [-0.4, -0.2) is 64.4 Å². The lowest BCUT2D eigenvalue weighted by atomic mass is 10.0. The number of nitrogens with one attached hydrogen (secondary N) is 1. The number of benzene rings is 2. The van der Waals surface area contributed by atoms with Crippen LogP contribution in [-0.2, 0) is 28.9 Å². The van der Waals surface area contributed by atoms with Gasteiger partial charge in [-0.15, -0.1) is 0 Å². The lowest BCUT2D eigenvalue weighted by Gasteiger charge is -2.52. The van der Waals surface area contributed by atoms with E-state index in [4.69, 9.17) is 5.73 Å². The van der Waals surface area contributed by atoms with Crippen LogP contribution in [0.2, 0.25) is 0 Å². The average Bonchev–Trinajstić information content (AvgIpc) is 2.85. The fraction of sp³-hybridized carbons (Fsp3) is 0.423. The predicted molar refractivity (Wildman–Crippen MR) is 130 cm³/mol. The molecule has 2 fully saturated rings. The Morgan fingerprint density at radius 1 is 1.11 bits per heavy atom. The summed E-state index contributed by atoms with van der Waals surface area (Å²) < 4.78 is 53.0. The lowest BCUT2D eigenvalue weighted by Crippen LogP contribution is -2.72. The fourth-order valence-electron chi connectivity index (χ4n) is 5.01. The van der Waals surface area contributed by atoms with E-state index >= 15 is 0 Å². The van der Waals surface area contributed by atoms with Crippen LogP contribution in [0.4, 0.5) is 22.4 Å². The number of halogens is 4. The van der Waals surface area contributed by atoms with Crippen molar-refractivity contribution in [2.24, 2.45) is 5.73 Å². The minimum Gasteiger partial charge on any atom is -0.334 e. The Labute approximate surface area is 217 Å². The second kappa shape index (κ2) is 11.0. The molecule has 0 saturated carbocycles. The van der Waals surface area contributed by atoms with Crippen LogP contribution >= 0.6 is 0 Å². The van der Waals surface area contributed by atoms with Crippen molar-refractivity contribution in [3.8, 4) is 0 Å². The summed E-state index contributed by atoms with van der Waals surface area (Å²) in [5, 5.41) is 2.66. The van der Waals surface area contributed by atoms with Crippen molar-refractivity contribution < 1.29 is 31.9 Å². The predicted octanol–water partition coefficient (Wildman–Crippen LogP) is 2.98. The molecule has 2 aliphatic heterocycles. The number of nitrogens with two attached hydrogens (primary N) is 1. The molecule has 12 heteroatoms. The molecule has 2 aliphatic rings. The third-order valence-electron chi connectivity index (χ3n) is 6.75. The monoisotopic (exact) mass is 535 g/mol. The van der Waals surface area contributed by atoms with Gasteiger partial charge < -0.3 is 25.8 Å². The summed E-state index contributed by atoms with van der Waals surface area (Å²) in [6.45, 7) is 1.79. The molecular weight excluding hydrogens is 506 g/mol. The van der Waals surface area contributed by atoms with Gasteiger partial charge in [0.1, 0.15) is 18.0 Å². The topological polar surface area (TPSA) is 99.0 Å². The van der Waals surface area contributed by atoms with Crippen molar-refractivity contribution in [3.63, 3.8) is 0 Å². The second-order valence-corrected chi connectivity index (χ2v) is 9.53. The highest BCUT2D eigenvalue weighted by Gasteiger charge is 2.48. The summed E-state index contributed by atoms with van der Waals surface area (Å²) in [5.74, 6) is -1.01. The van der Waals surface area contributed by atoms with E-state index in [1.165, 1.54) is 26.8 Å². The molecule has 8 nitrogen and oxygen atoms in total. The smallest absolute Gasteiger partial charge is 0.334 e. The molecule has 2 saturated heterocycles. The zero-order chi connectivity index (χ0) is 27.6. The molecule has 0 bridgehead atoms. The molecule has 0 spiro atoms. The SMILES string of the molecule is Cc1cc(CNC(=O)N2CCC(=O)N3[C@@H]2CN(Cc2ccc(F)cc2)C(=O)[C@@H]3CCN)cc(C(F)(F)F)c1. The van der Waals surface area contributed by atoms with Crippen molar-refractivity contribution >= 4 is 17.8 Å². The van der Waals surface area contributed by atoms with E-state index < -0.39 is 35.8 Å². The molecule has 4 rings (SSSR count). The lowest BCUT2D eigenvalue weighted by molar-refractivity contribution is -0.167. The van der Waals surface area contributed by atoms with Crippen LogP contribution in [0, 0.1) is 12.7 Å². The molecule has 4 amide bonds. The van der Waals surface area contributed by atoms with E-state index in [0.717, 1.165) is 12.1 Å². The van der Waals surface area contributed by atoms with Gasteiger partial charge in [-0.25, -0.2) is 9.18 Å². The molecule has 2 atom stereocenters. The van der Waals surface area contributed by atoms with Gasteiger partial charge in [-0.05, 0) is 55.3 Å². The number of carbonyl (C=O) groups is 3. The minimum atomic E-state index is -4.51. The molecule has 204 valence electrons. The number of carbonyl (C=O) groups excluding carboxylic acids is 3. The number of rotatable bonds is 6. The summed E-state index contributed by atoms with van der Waals surface area (Å²) in [6.07, 6.45) is -5.10. The molecule has 2 aromatic rings. The number of hydrogen-bond donors (Lipinski definition) is 2. The van der Waals surface area contributed by atoms with Gasteiger partial charge in [-0.1, -0.05) is 23.8 Å². The summed E-state index contributed by atoms with van der Waals surface area (Å²) in [7, 11) is 0. The van der Waals surface area contributed by atoms with Crippen LogP contribution < -0.4 is 11.1 Å². The summed E-state index contributed by atoms with van der Waals surface area (Å²) in [5.41, 5.74) is 6.31. The summed E-state index contributed by atoms with van der Waals surface area (Å²) >= 11 is 0. The zero-order valence-electron chi connectivity index (χ0n) is 20.8. The largest absolute Gasteiger partial charge is 0.416 e. The van der Waals surface area contributed by atoms with Crippen molar-refractivity contribution in [3.05, 3.63) is 70.5 Å². The molecule has 2 aromatic carbocycles. The van der Waals surface area contributed by atoms with Gasteiger partial charge in [0.2, 0.25) is 11.8 Å². The first-order valence-corrected chi connectivity index (χ1v) is 12.2. The van der Waals surface area contributed by atoms with Crippen molar-refractivity contribution in [2.75, 3.05) is 19.6 Å². The van der Waals surface area contributed by atoms with Crippen molar-refractivity contribution in [1.82, 2.24) is 20.0 Å². The highest BCUT2D eigenvalue weighted by Crippen LogP contribution is 2.31. The minimum absolute atomic E-state index is 0.00109. The number of amides is 4. The number of piperazine rings is 1. The molecule has 2 heterocycles. The Hall–Kier alpha value is -3.67. The number of alkyl halides is 3. The van der Waals surface area contributed by atoms with Gasteiger partial charge >= 0.3 is 12.2 Å². The first kappa shape index (κ1) is 27.4. The maximum Gasteiger partial charge on any atom is 0.416 e. The number of aryl methyl sites for hydroxylation is 1. The van der Waals surface area contributed by atoms with E-state index in [1.54, 1.807) is 25.1 Å². The van der Waals surface area contributed by atoms with Crippen molar-refractivity contribution in [1.29, 1.82) is 0 Å². The normalized spacial score (nSPS) is 20.0. The van der Waals surface area contributed by atoms with Crippen LogP contribution in [0.15, 0.2) is 42.5 Å². The van der Waals surface area contributed by atoms with E-state index in [1.807, 2.05) is 0 Å². The summed E-state index contributed by atoms with van der Waals surface area (Å²) in [6, 6.07) is 7.83. The van der Waals surface area contributed by atoms with Gasteiger partial charge in [0.25, 0.3) is 0 Å². The van der Waals surface area contributed by atoms with Crippen LogP contribution in [0.25, 0.3) is 0 Å². The van der Waals surface area contributed by atoms with Gasteiger partial charge in [0.05, 0.1) is 12.1 Å². The van der Waals surface area contributed by atoms with Crippen LogP contribution in [0.1, 0.15) is 35.1 Å². The van der Waals surface area contributed by atoms with E-state index in [9.17, 15) is 31.9 Å². The third-order valence-corrected chi connectivity index (χ3v) is 6.75. The Bertz CT molecular complexity index is 1200. The molecule has 3 N–H and O–H groups in total. The maximum absolute atomic E-state index is 13.4. The number of hydrogen-bond acceptors (Lipinski definition) is 4. The number of fused-ring (bicyclic) bond motifs is 1. The standard InChI is InChI=1S/C26H29F4N5O3/c1-16-10-18(12-19(11-16)26(28,29)30)13-32-25(38)34-9-7-23(36)35-21(6-8-31)24(37)33(15-22(34)35)14-17-2-4-20(27)5-3-17/h2-5,10-12,21-22H,6-9,13-15,31H2,1H3,(H,32,38)/t21-,22+/m0/s1. The van der Waals surface area contributed by atoms with E-state index in [2.05, 4.69) is 5.32 Å². The Kier molecular flexibility index (Phi) is 7.91. The highest BCUT2D eigenvalue weighted by molar-refractivity contribution is 5.91. The fourth-order valence-corrected chi connectivity index (χ4v) is 5.01. The number of urea groups is 1. The molecule has 0 unspecified atom stereocenters. The van der Waals surface area contributed by atoms with Gasteiger partial charge in [0.15, 0.2) is 0 Å². The average molecular weight is 536 g/mol. The zero-order valence-corrected chi connectivity index (χ0v) is 20.8. The van der Waals surface area contributed by atoms with E-state index in [-0.39, 0.29) is 62.9 Å². The van der Waals surface area contributed by atoms with Gasteiger partial charge in [0, 0.05) is 26.1 Å². The Morgan fingerprint density at radius 2 is 1.82 bits per heavy atom. The Morgan fingerprint density at radius 3 is 2.47 bits per heavy atom. The van der Waals surface area contributed by atoms with E-state index in [0.29, 0.717) is 11.1 Å². The highest BCUT2D eigenvalue weighted by atomic mass is 19.4. The first-order chi connectivity index (χ1) is 18.0. The molecular formula is C26H29F4N5O3. The molecule has 0 aromatic heterocycles. The van der Waals surface area contributed by atoms with Crippen molar-refractivity contribution in [2.45, 2.75) is 51.2 Å². The number of nitrogens with zero attached hydrogens (tertiary/aromatic N) is 3. The second-order valence-electron chi connectivity index (χ2n) is 9.53. The van der Waals surface area contributed by atoms with Gasteiger partial charge in [-0.2, -0.15) is 13.2 Å². The molecule has 0 radical (unpaired) electrons. The molecule has 38 heavy (non-hydrogen) atoms. The quantitative estimate of drug-likeness (QED) is 0.556.